The van der Waals surface area contributed by atoms with E-state index in [4.69, 9.17) is 9.31 Å². The van der Waals surface area contributed by atoms with Crippen molar-refractivity contribution >= 4 is 34.2 Å². The molecule has 1 aromatic heterocycles. The minimum atomic E-state index is -0.649. The lowest BCUT2D eigenvalue weighted by Crippen LogP contribution is -2.46. The SMILES string of the molecule is CC1(C)OB(c2cn[nH]c2)OC1(C)Cc1cc(Br)cc([N+](=O)[O-])c1. The fraction of sp³-hybridized carbons (Fsp3) is 0.400. The van der Waals surface area contributed by atoms with Gasteiger partial charge in [0.1, 0.15) is 0 Å². The van der Waals surface area contributed by atoms with Gasteiger partial charge in [0.25, 0.3) is 5.69 Å². The summed E-state index contributed by atoms with van der Waals surface area (Å²) in [5.74, 6) is 0. The van der Waals surface area contributed by atoms with Gasteiger partial charge in [-0.15, -0.1) is 0 Å². The Labute approximate surface area is 148 Å². The number of H-pyrrole nitrogens is 1. The Morgan fingerprint density at radius 1 is 1.33 bits per heavy atom. The van der Waals surface area contributed by atoms with Gasteiger partial charge in [0.2, 0.25) is 0 Å². The van der Waals surface area contributed by atoms with Crippen LogP contribution in [-0.4, -0.2) is 33.4 Å². The Kier molecular flexibility index (Phi) is 4.27. The van der Waals surface area contributed by atoms with Crippen molar-refractivity contribution in [1.29, 1.82) is 0 Å². The summed E-state index contributed by atoms with van der Waals surface area (Å²) in [6.45, 7) is 5.87. The summed E-state index contributed by atoms with van der Waals surface area (Å²) in [6.07, 6.45) is 3.88. The molecule has 1 aromatic carbocycles. The number of rotatable bonds is 4. The maximum atomic E-state index is 11.1. The fourth-order valence-electron chi connectivity index (χ4n) is 2.81. The van der Waals surface area contributed by atoms with Gasteiger partial charge in [0.15, 0.2) is 0 Å². The van der Waals surface area contributed by atoms with Crippen molar-refractivity contribution in [2.45, 2.75) is 38.4 Å². The molecule has 1 aliphatic heterocycles. The minimum absolute atomic E-state index is 0.0473. The number of benzene rings is 1. The lowest BCUT2D eigenvalue weighted by atomic mass is 9.81. The molecule has 2 heterocycles. The summed E-state index contributed by atoms with van der Waals surface area (Å²) in [5, 5.41) is 17.7. The summed E-state index contributed by atoms with van der Waals surface area (Å²) in [6, 6.07) is 4.92. The van der Waals surface area contributed by atoms with Gasteiger partial charge in [-0.3, -0.25) is 15.2 Å². The van der Waals surface area contributed by atoms with Gasteiger partial charge < -0.3 is 9.31 Å². The summed E-state index contributed by atoms with van der Waals surface area (Å²) in [7, 11) is -0.522. The van der Waals surface area contributed by atoms with Gasteiger partial charge in [0, 0.05) is 40.9 Å². The third-order valence-electron chi connectivity index (χ3n) is 4.53. The van der Waals surface area contributed by atoms with Crippen LogP contribution < -0.4 is 5.46 Å². The Morgan fingerprint density at radius 3 is 2.71 bits per heavy atom. The molecule has 1 aliphatic rings. The molecule has 9 heteroatoms. The summed E-state index contributed by atoms with van der Waals surface area (Å²) >= 11 is 3.33. The maximum absolute atomic E-state index is 11.1. The van der Waals surface area contributed by atoms with Crippen LogP contribution in [0.2, 0.25) is 0 Å². The van der Waals surface area contributed by atoms with Crippen LogP contribution in [0.25, 0.3) is 0 Å². The number of non-ortho nitro benzene ring substituents is 1. The standard InChI is InChI=1S/C15H17BBrN3O4/c1-14(2)15(3,24-16(23-14)11-8-18-19-9-11)7-10-4-12(17)6-13(5-10)20(21)22/h4-6,8-9H,7H2,1-3H3,(H,18,19). The van der Waals surface area contributed by atoms with Crippen molar-refractivity contribution < 1.29 is 14.2 Å². The second-order valence-electron chi connectivity index (χ2n) is 6.59. The number of hydrogen-bond acceptors (Lipinski definition) is 5. The molecule has 0 radical (unpaired) electrons. The van der Waals surface area contributed by atoms with E-state index < -0.39 is 23.2 Å². The number of halogens is 1. The fourth-order valence-corrected chi connectivity index (χ4v) is 3.33. The molecule has 0 bridgehead atoms. The van der Waals surface area contributed by atoms with E-state index in [9.17, 15) is 10.1 Å². The molecule has 2 aromatic rings. The van der Waals surface area contributed by atoms with E-state index in [1.54, 1.807) is 18.5 Å². The van der Waals surface area contributed by atoms with Crippen molar-refractivity contribution in [1.82, 2.24) is 10.2 Å². The predicted molar refractivity (Wildman–Crippen MR) is 93.1 cm³/mol. The van der Waals surface area contributed by atoms with Crippen LogP contribution in [-0.2, 0) is 15.7 Å². The Morgan fingerprint density at radius 2 is 2.08 bits per heavy atom. The third-order valence-corrected chi connectivity index (χ3v) is 4.99. The molecular weight excluding hydrogens is 377 g/mol. The van der Waals surface area contributed by atoms with Crippen LogP contribution in [0.4, 0.5) is 5.69 Å². The zero-order valence-electron chi connectivity index (χ0n) is 13.6. The molecule has 126 valence electrons. The average molecular weight is 394 g/mol. The molecule has 0 spiro atoms. The third kappa shape index (κ3) is 3.11. The van der Waals surface area contributed by atoms with E-state index in [0.717, 1.165) is 11.0 Å². The smallest absolute Gasteiger partial charge is 0.399 e. The van der Waals surface area contributed by atoms with Crippen molar-refractivity contribution in [3.63, 3.8) is 0 Å². The topological polar surface area (TPSA) is 90.3 Å². The van der Waals surface area contributed by atoms with Gasteiger partial charge in [-0.2, -0.15) is 5.10 Å². The monoisotopic (exact) mass is 393 g/mol. The Balaban J connectivity index is 1.89. The molecule has 1 fully saturated rings. The van der Waals surface area contributed by atoms with E-state index in [2.05, 4.69) is 26.1 Å². The lowest BCUT2D eigenvalue weighted by Gasteiger charge is -2.36. The Hall–Kier alpha value is -1.71. The zero-order chi connectivity index (χ0) is 17.5. The van der Waals surface area contributed by atoms with Crippen molar-refractivity contribution in [3.8, 4) is 0 Å². The highest BCUT2D eigenvalue weighted by Crippen LogP contribution is 2.40. The molecular formula is C15H17BBrN3O4. The van der Waals surface area contributed by atoms with Crippen LogP contribution in [0, 0.1) is 10.1 Å². The first-order chi connectivity index (χ1) is 11.2. The molecule has 1 unspecified atom stereocenters. The number of nitrogens with one attached hydrogen (secondary N) is 1. The van der Waals surface area contributed by atoms with E-state index in [0.29, 0.717) is 10.9 Å². The molecule has 0 saturated carbocycles. The van der Waals surface area contributed by atoms with Crippen LogP contribution in [0.15, 0.2) is 35.1 Å². The quantitative estimate of drug-likeness (QED) is 0.489. The maximum Gasteiger partial charge on any atom is 0.498 e. The summed E-state index contributed by atoms with van der Waals surface area (Å²) in [5.41, 5.74) is 0.441. The zero-order valence-corrected chi connectivity index (χ0v) is 15.2. The highest BCUT2D eigenvalue weighted by molar-refractivity contribution is 9.10. The van der Waals surface area contributed by atoms with E-state index in [-0.39, 0.29) is 5.69 Å². The van der Waals surface area contributed by atoms with Crippen LogP contribution in [0.3, 0.4) is 0 Å². The van der Waals surface area contributed by atoms with Crippen LogP contribution >= 0.6 is 15.9 Å². The lowest BCUT2D eigenvalue weighted by molar-refractivity contribution is -0.385. The molecule has 0 amide bonds. The number of aromatic nitrogens is 2. The molecule has 1 atom stereocenters. The van der Waals surface area contributed by atoms with Crippen molar-refractivity contribution in [2.75, 3.05) is 0 Å². The second-order valence-corrected chi connectivity index (χ2v) is 7.51. The van der Waals surface area contributed by atoms with Gasteiger partial charge in [-0.1, -0.05) is 15.9 Å². The van der Waals surface area contributed by atoms with E-state index in [1.165, 1.54) is 6.07 Å². The summed E-state index contributed by atoms with van der Waals surface area (Å²) in [4.78, 5) is 10.7. The molecule has 1 saturated heterocycles. The molecule has 1 N–H and O–H groups in total. The van der Waals surface area contributed by atoms with Gasteiger partial charge in [-0.05, 0) is 32.4 Å². The van der Waals surface area contributed by atoms with E-state index in [1.807, 2.05) is 26.8 Å². The second kappa shape index (κ2) is 5.98. The van der Waals surface area contributed by atoms with Crippen molar-refractivity contribution in [2.24, 2.45) is 0 Å². The van der Waals surface area contributed by atoms with Crippen molar-refractivity contribution in [3.05, 3.63) is 50.7 Å². The van der Waals surface area contributed by atoms with Crippen LogP contribution in [0.1, 0.15) is 26.3 Å². The number of aromatic amines is 1. The van der Waals surface area contributed by atoms with Crippen LogP contribution in [0.5, 0.6) is 0 Å². The van der Waals surface area contributed by atoms with Gasteiger partial charge >= 0.3 is 7.12 Å². The first-order valence-corrected chi connectivity index (χ1v) is 8.28. The number of nitrogens with zero attached hydrogens (tertiary/aromatic N) is 2. The normalized spacial score (nSPS) is 22.8. The number of nitro benzene ring substituents is 1. The van der Waals surface area contributed by atoms with Gasteiger partial charge in [0.05, 0.1) is 16.1 Å². The molecule has 3 rings (SSSR count). The molecule has 0 aliphatic carbocycles. The first kappa shape index (κ1) is 17.1. The Bertz CT molecular complexity index is 768. The summed E-state index contributed by atoms with van der Waals surface area (Å²) < 4.78 is 12.9. The number of nitro groups is 1. The highest BCUT2D eigenvalue weighted by atomic mass is 79.9. The minimum Gasteiger partial charge on any atom is -0.399 e. The van der Waals surface area contributed by atoms with Gasteiger partial charge in [-0.25, -0.2) is 0 Å². The number of hydrogen-bond donors (Lipinski definition) is 1. The highest BCUT2D eigenvalue weighted by Gasteiger charge is 2.54. The van der Waals surface area contributed by atoms with E-state index >= 15 is 0 Å². The predicted octanol–water partition coefficient (Wildman–Crippen LogP) is 2.60. The average Bonchev–Trinajstić information content (AvgIpc) is 3.05. The molecule has 24 heavy (non-hydrogen) atoms. The first-order valence-electron chi connectivity index (χ1n) is 7.48. The molecule has 7 nitrogen and oxygen atoms in total. The largest absolute Gasteiger partial charge is 0.498 e.